The molecule has 2 heteroatoms. The van der Waals surface area contributed by atoms with Crippen molar-refractivity contribution in [3.05, 3.63) is 19.3 Å². The highest BCUT2D eigenvalue weighted by Gasteiger charge is 1.96. The van der Waals surface area contributed by atoms with Gasteiger partial charge in [0.15, 0.2) is 7.11 Å². The lowest BCUT2D eigenvalue weighted by Gasteiger charge is -1.90. The van der Waals surface area contributed by atoms with Crippen molar-refractivity contribution < 1.29 is 9.53 Å². The van der Waals surface area contributed by atoms with E-state index in [0.717, 1.165) is 0 Å². The lowest BCUT2D eigenvalue weighted by molar-refractivity contribution is -0.133. The van der Waals surface area contributed by atoms with E-state index in [4.69, 9.17) is 0 Å². The van der Waals surface area contributed by atoms with Crippen LogP contribution in [0.4, 0.5) is 0 Å². The number of esters is 1. The molecule has 0 aromatic heterocycles. The van der Waals surface area contributed by atoms with Gasteiger partial charge in [0, 0.05) is 5.57 Å². The molecule has 2 radical (unpaired) electrons. The van der Waals surface area contributed by atoms with E-state index >= 15 is 0 Å². The molecule has 0 aliphatic rings. The zero-order valence-electron chi connectivity index (χ0n) is 4.10. The van der Waals surface area contributed by atoms with E-state index in [-0.39, 0.29) is 0 Å². The maximum absolute atomic E-state index is 10.1. The van der Waals surface area contributed by atoms with E-state index < -0.39 is 5.97 Å². The number of hydrogen-bond acceptors (Lipinski definition) is 2. The Kier molecular flexibility index (Phi) is 2.12. The zero-order valence-corrected chi connectivity index (χ0v) is 4.10. The summed E-state index contributed by atoms with van der Waals surface area (Å²) in [5.74, 6) is -0.569. The molecule has 0 saturated heterocycles. The van der Waals surface area contributed by atoms with Gasteiger partial charge in [-0.05, 0) is 6.92 Å². The predicted octanol–water partition coefficient (Wildman–Crippen LogP) is 0.774. The molecular formula is C5H6O2. The third-order valence-electron chi connectivity index (χ3n) is 0.455. The van der Waals surface area contributed by atoms with Crippen LogP contribution in [-0.4, -0.2) is 5.97 Å². The quantitative estimate of drug-likeness (QED) is 0.357. The summed E-state index contributed by atoms with van der Waals surface area (Å²) >= 11 is 0. The highest BCUT2D eigenvalue weighted by atomic mass is 16.5. The van der Waals surface area contributed by atoms with Crippen LogP contribution in [0.25, 0.3) is 0 Å². The van der Waals surface area contributed by atoms with Crippen molar-refractivity contribution in [2.45, 2.75) is 6.92 Å². The Balaban J connectivity index is 3.58. The maximum Gasteiger partial charge on any atom is 0.333 e. The van der Waals surface area contributed by atoms with Gasteiger partial charge in [-0.1, -0.05) is 6.58 Å². The van der Waals surface area contributed by atoms with E-state index in [1.165, 1.54) is 6.92 Å². The number of carbonyl (C=O) groups excluding carboxylic acids is 1. The third-order valence-corrected chi connectivity index (χ3v) is 0.455. The molecule has 0 amide bonds. The Morgan fingerprint density at radius 1 is 1.86 bits per heavy atom. The molecule has 0 aromatic carbocycles. The summed E-state index contributed by atoms with van der Waals surface area (Å²) in [6, 6.07) is 0. The van der Waals surface area contributed by atoms with Crippen LogP contribution in [0.2, 0.25) is 0 Å². The molecule has 0 saturated carbocycles. The van der Waals surface area contributed by atoms with Gasteiger partial charge in [-0.25, -0.2) is 4.79 Å². The first-order valence-corrected chi connectivity index (χ1v) is 1.75. The SMILES string of the molecule is [CH]OC(=O)C(=C)C. The smallest absolute Gasteiger partial charge is 0.333 e. The van der Waals surface area contributed by atoms with Crippen LogP contribution in [0.1, 0.15) is 6.92 Å². The zero-order chi connectivity index (χ0) is 5.86. The van der Waals surface area contributed by atoms with Gasteiger partial charge in [0.05, 0.1) is 0 Å². The van der Waals surface area contributed by atoms with Crippen molar-refractivity contribution in [2.24, 2.45) is 0 Å². The van der Waals surface area contributed by atoms with Crippen molar-refractivity contribution in [2.75, 3.05) is 0 Å². The lowest BCUT2D eigenvalue weighted by atomic mass is 10.4. The first-order chi connectivity index (χ1) is 3.18. The molecule has 0 unspecified atom stereocenters. The van der Waals surface area contributed by atoms with Gasteiger partial charge in [-0.2, -0.15) is 0 Å². The molecule has 0 aromatic rings. The summed E-state index contributed by atoms with van der Waals surface area (Å²) in [4.78, 5) is 10.1. The average molecular weight is 98.1 g/mol. The van der Waals surface area contributed by atoms with E-state index in [2.05, 4.69) is 18.4 Å². The molecule has 0 aliphatic heterocycles. The van der Waals surface area contributed by atoms with Gasteiger partial charge in [-0.3, -0.25) is 0 Å². The molecule has 0 rings (SSSR count). The standard InChI is InChI=1S/C5H6O2/c1-4(2)5(6)7-3/h3H,1H2,2H3. The third kappa shape index (κ3) is 1.98. The lowest BCUT2D eigenvalue weighted by Crippen LogP contribution is -1.97. The summed E-state index contributed by atoms with van der Waals surface area (Å²) in [6.07, 6.45) is 0. The Bertz CT molecular complexity index is 94.3. The van der Waals surface area contributed by atoms with E-state index in [0.29, 0.717) is 5.57 Å². The van der Waals surface area contributed by atoms with Crippen molar-refractivity contribution >= 4 is 5.97 Å². The molecule has 0 atom stereocenters. The fourth-order valence-electron chi connectivity index (χ4n) is 0.101. The second kappa shape index (κ2) is 2.39. The largest absolute Gasteiger partial charge is 0.451 e. The molecule has 0 bridgehead atoms. The van der Waals surface area contributed by atoms with Gasteiger partial charge in [0.2, 0.25) is 0 Å². The maximum atomic E-state index is 10.1. The first kappa shape index (κ1) is 6.21. The van der Waals surface area contributed by atoms with Gasteiger partial charge >= 0.3 is 5.97 Å². The summed E-state index contributed by atoms with van der Waals surface area (Å²) in [5.41, 5.74) is 0.308. The van der Waals surface area contributed by atoms with E-state index in [9.17, 15) is 4.79 Å². The second-order valence-electron chi connectivity index (χ2n) is 1.19. The first-order valence-electron chi connectivity index (χ1n) is 1.75. The van der Waals surface area contributed by atoms with Crippen molar-refractivity contribution in [1.82, 2.24) is 0 Å². The fourth-order valence-corrected chi connectivity index (χ4v) is 0.101. The summed E-state index contributed by atoms with van der Waals surface area (Å²) in [7, 11) is 4.46. The molecule has 0 aliphatic carbocycles. The Morgan fingerprint density at radius 2 is 2.29 bits per heavy atom. The normalized spacial score (nSPS) is 7.71. The number of carbonyl (C=O) groups is 1. The highest BCUT2D eigenvalue weighted by molar-refractivity contribution is 5.86. The van der Waals surface area contributed by atoms with E-state index in [1.807, 2.05) is 0 Å². The molecule has 0 spiro atoms. The fraction of sp³-hybridized carbons (Fsp3) is 0.200. The number of ether oxygens (including phenoxy) is 1. The van der Waals surface area contributed by atoms with Gasteiger partial charge in [0.25, 0.3) is 0 Å². The van der Waals surface area contributed by atoms with Crippen LogP contribution in [-0.2, 0) is 9.53 Å². The van der Waals surface area contributed by atoms with E-state index in [1.54, 1.807) is 0 Å². The average Bonchev–Trinajstić information content (AvgIpc) is 1.65. The topological polar surface area (TPSA) is 26.3 Å². The minimum Gasteiger partial charge on any atom is -0.451 e. The minimum absolute atomic E-state index is 0.308. The van der Waals surface area contributed by atoms with Crippen molar-refractivity contribution in [3.63, 3.8) is 0 Å². The van der Waals surface area contributed by atoms with Crippen LogP contribution in [0.15, 0.2) is 12.2 Å². The summed E-state index contributed by atoms with van der Waals surface area (Å²) in [6.45, 7) is 4.79. The van der Waals surface area contributed by atoms with Crippen LogP contribution in [0.5, 0.6) is 0 Å². The Morgan fingerprint density at radius 3 is 2.29 bits per heavy atom. The monoisotopic (exact) mass is 98.0 g/mol. The predicted molar refractivity (Wildman–Crippen MR) is 25.2 cm³/mol. The van der Waals surface area contributed by atoms with Gasteiger partial charge in [-0.15, -0.1) is 0 Å². The molecule has 7 heavy (non-hydrogen) atoms. The van der Waals surface area contributed by atoms with Crippen molar-refractivity contribution in [1.29, 1.82) is 0 Å². The highest BCUT2D eigenvalue weighted by Crippen LogP contribution is 1.88. The Labute approximate surface area is 42.8 Å². The minimum atomic E-state index is -0.569. The number of rotatable bonds is 1. The summed E-state index contributed by atoms with van der Waals surface area (Å²) < 4.78 is 3.77. The molecule has 0 heterocycles. The molecule has 0 N–H and O–H groups in total. The summed E-state index contributed by atoms with van der Waals surface area (Å²) in [5, 5.41) is 0. The molecule has 2 nitrogen and oxygen atoms in total. The van der Waals surface area contributed by atoms with Gasteiger partial charge in [0.1, 0.15) is 0 Å². The van der Waals surface area contributed by atoms with Crippen LogP contribution in [0.3, 0.4) is 0 Å². The molecule has 0 fully saturated rings. The number of hydrogen-bond donors (Lipinski definition) is 0. The van der Waals surface area contributed by atoms with Crippen molar-refractivity contribution in [3.8, 4) is 0 Å². The van der Waals surface area contributed by atoms with Crippen LogP contribution in [0, 0.1) is 7.11 Å². The molecular weight excluding hydrogens is 92.1 g/mol. The molecule has 38 valence electrons. The van der Waals surface area contributed by atoms with Gasteiger partial charge < -0.3 is 4.74 Å². The van der Waals surface area contributed by atoms with Crippen LogP contribution >= 0.6 is 0 Å². The second-order valence-corrected chi connectivity index (χ2v) is 1.19. The Hall–Kier alpha value is -0.790. The van der Waals surface area contributed by atoms with Crippen LogP contribution < -0.4 is 0 Å².